The predicted molar refractivity (Wildman–Crippen MR) is 71.5 cm³/mol. The molecule has 1 rings (SSSR count). The Morgan fingerprint density at radius 3 is 2.00 bits per heavy atom. The summed E-state index contributed by atoms with van der Waals surface area (Å²) in [5, 5.41) is 21.9. The largest absolute Gasteiger partial charge is 0.506 e. The Morgan fingerprint density at radius 2 is 1.71 bits per heavy atom. The van der Waals surface area contributed by atoms with Crippen LogP contribution in [-0.2, 0) is 19.1 Å². The molecule has 0 spiro atoms. The van der Waals surface area contributed by atoms with Gasteiger partial charge < -0.3 is 15.2 Å². The smallest absolute Gasteiger partial charge is 0.310 e. The van der Waals surface area contributed by atoms with Crippen molar-refractivity contribution in [1.29, 1.82) is 0 Å². The van der Waals surface area contributed by atoms with Crippen molar-refractivity contribution >= 4 is 29.2 Å². The lowest BCUT2D eigenvalue weighted by Crippen LogP contribution is -2.05. The van der Waals surface area contributed by atoms with Crippen molar-refractivity contribution in [3.8, 4) is 5.75 Å². The summed E-state index contributed by atoms with van der Waals surface area (Å²) >= 11 is 0. The fourth-order valence-corrected chi connectivity index (χ4v) is 1.13. The molecule has 0 heterocycles. The molecule has 2 N–H and O–H groups in total. The van der Waals surface area contributed by atoms with Crippen molar-refractivity contribution < 1.29 is 29.2 Å². The number of benzene rings is 1. The van der Waals surface area contributed by atoms with Crippen LogP contribution >= 0.6 is 0 Å². The number of carbonyl (C=O) groups excluding carboxylic acids is 3. The molecular weight excluding hydrogens is 284 g/mol. The minimum atomic E-state index is -0.628. The SMILES string of the molecule is CC(=O)Nc1ccc([N+](=O)[O-])cc1O.CC(=O)OC(C)=O. The molecule has 0 bridgehead atoms. The summed E-state index contributed by atoms with van der Waals surface area (Å²) < 4.78 is 3.97. The standard InChI is InChI=1S/C8H8N2O4.C4H6O3/c1-5(11)9-7-3-2-6(10(13)14)4-8(7)12;1-3(5)7-4(2)6/h2-4,12H,1H3,(H,9,11);1-2H3. The molecule has 0 saturated heterocycles. The van der Waals surface area contributed by atoms with Crippen LogP contribution in [0.15, 0.2) is 18.2 Å². The number of phenolic OH excluding ortho intramolecular Hbond substituents is 1. The monoisotopic (exact) mass is 298 g/mol. The fourth-order valence-electron chi connectivity index (χ4n) is 1.13. The number of rotatable bonds is 2. The van der Waals surface area contributed by atoms with Gasteiger partial charge in [-0.3, -0.25) is 24.5 Å². The highest BCUT2D eigenvalue weighted by Gasteiger charge is 2.10. The van der Waals surface area contributed by atoms with Crippen molar-refractivity contribution in [2.75, 3.05) is 5.32 Å². The normalized spacial score (nSPS) is 8.90. The van der Waals surface area contributed by atoms with Gasteiger partial charge in [-0.05, 0) is 6.07 Å². The molecule has 1 aromatic carbocycles. The Balaban J connectivity index is 0.000000486. The first-order chi connectivity index (χ1) is 9.63. The predicted octanol–water partition coefficient (Wildman–Crippen LogP) is 1.35. The molecule has 0 saturated carbocycles. The van der Waals surface area contributed by atoms with Gasteiger partial charge in [-0.2, -0.15) is 0 Å². The van der Waals surface area contributed by atoms with E-state index < -0.39 is 16.9 Å². The van der Waals surface area contributed by atoms with Crippen LogP contribution in [0.4, 0.5) is 11.4 Å². The first-order valence-electron chi connectivity index (χ1n) is 5.57. The number of nitrogens with one attached hydrogen (secondary N) is 1. The lowest BCUT2D eigenvalue weighted by molar-refractivity contribution is -0.384. The summed E-state index contributed by atoms with van der Waals surface area (Å²) in [6.07, 6.45) is 0. The quantitative estimate of drug-likeness (QED) is 0.276. The van der Waals surface area contributed by atoms with E-state index in [0.717, 1.165) is 6.07 Å². The van der Waals surface area contributed by atoms with Crippen LogP contribution in [0.5, 0.6) is 5.75 Å². The number of non-ortho nitro benzene ring substituents is 1. The highest BCUT2D eigenvalue weighted by atomic mass is 16.6. The van der Waals surface area contributed by atoms with Crippen LogP contribution < -0.4 is 5.32 Å². The van der Waals surface area contributed by atoms with E-state index in [1.807, 2.05) is 0 Å². The lowest BCUT2D eigenvalue weighted by Gasteiger charge is -2.03. The minimum Gasteiger partial charge on any atom is -0.506 e. The molecule has 0 radical (unpaired) electrons. The first kappa shape index (κ1) is 18.0. The fraction of sp³-hybridized carbons (Fsp3) is 0.250. The maximum absolute atomic E-state index is 10.6. The number of nitro groups is 1. The maximum atomic E-state index is 10.6. The summed E-state index contributed by atoms with van der Waals surface area (Å²) in [4.78, 5) is 39.9. The maximum Gasteiger partial charge on any atom is 0.310 e. The zero-order valence-corrected chi connectivity index (χ0v) is 11.6. The Labute approximate surface area is 119 Å². The molecular formula is C12H14N2O7. The Hall–Kier alpha value is -2.97. The molecule has 1 aromatic rings. The second-order valence-corrected chi connectivity index (χ2v) is 3.72. The second-order valence-electron chi connectivity index (χ2n) is 3.72. The van der Waals surface area contributed by atoms with Crippen LogP contribution in [0, 0.1) is 10.1 Å². The van der Waals surface area contributed by atoms with Crippen LogP contribution in [0.1, 0.15) is 20.8 Å². The van der Waals surface area contributed by atoms with E-state index in [4.69, 9.17) is 0 Å². The number of aromatic hydroxyl groups is 1. The molecule has 0 aliphatic rings. The van der Waals surface area contributed by atoms with Crippen molar-refractivity contribution in [3.05, 3.63) is 28.3 Å². The van der Waals surface area contributed by atoms with Crippen LogP contribution in [0.2, 0.25) is 0 Å². The summed E-state index contributed by atoms with van der Waals surface area (Å²) in [5.41, 5.74) is -0.0697. The third-order valence-corrected chi connectivity index (χ3v) is 1.79. The number of nitro benzene ring substituents is 1. The van der Waals surface area contributed by atoms with E-state index in [1.54, 1.807) is 0 Å². The van der Waals surface area contributed by atoms with E-state index >= 15 is 0 Å². The summed E-state index contributed by atoms with van der Waals surface area (Å²) in [7, 11) is 0. The summed E-state index contributed by atoms with van der Waals surface area (Å²) in [6, 6.07) is 3.45. The second kappa shape index (κ2) is 8.25. The number of phenols is 1. The number of nitrogens with zero attached hydrogens (tertiary/aromatic N) is 1. The van der Waals surface area contributed by atoms with Gasteiger partial charge in [-0.25, -0.2) is 0 Å². The number of esters is 2. The average Bonchev–Trinajstić information content (AvgIpc) is 2.29. The Bertz CT molecular complexity index is 557. The van der Waals surface area contributed by atoms with Gasteiger partial charge in [0.2, 0.25) is 5.91 Å². The van der Waals surface area contributed by atoms with Crippen molar-refractivity contribution in [2.45, 2.75) is 20.8 Å². The van der Waals surface area contributed by atoms with E-state index in [0.29, 0.717) is 0 Å². The number of amides is 1. The first-order valence-corrected chi connectivity index (χ1v) is 5.57. The third-order valence-electron chi connectivity index (χ3n) is 1.79. The van der Waals surface area contributed by atoms with Gasteiger partial charge in [0, 0.05) is 26.8 Å². The molecule has 0 aliphatic carbocycles. The number of ether oxygens (including phenoxy) is 1. The van der Waals surface area contributed by atoms with E-state index in [1.165, 1.54) is 32.9 Å². The molecule has 1 amide bonds. The number of hydrogen-bond donors (Lipinski definition) is 2. The minimum absolute atomic E-state index is 0.156. The van der Waals surface area contributed by atoms with Crippen molar-refractivity contribution in [3.63, 3.8) is 0 Å². The van der Waals surface area contributed by atoms with Gasteiger partial charge in [0.1, 0.15) is 5.75 Å². The van der Waals surface area contributed by atoms with Gasteiger partial charge in [0.05, 0.1) is 16.7 Å². The molecule has 9 nitrogen and oxygen atoms in total. The van der Waals surface area contributed by atoms with Crippen LogP contribution in [0.3, 0.4) is 0 Å². The highest BCUT2D eigenvalue weighted by Crippen LogP contribution is 2.27. The van der Waals surface area contributed by atoms with E-state index in [9.17, 15) is 29.6 Å². The van der Waals surface area contributed by atoms with Gasteiger partial charge in [0.25, 0.3) is 5.69 Å². The zero-order valence-electron chi connectivity index (χ0n) is 11.6. The van der Waals surface area contributed by atoms with Gasteiger partial charge >= 0.3 is 11.9 Å². The molecule has 114 valence electrons. The Kier molecular flexibility index (Phi) is 7.08. The average molecular weight is 298 g/mol. The number of hydrogen-bond acceptors (Lipinski definition) is 7. The van der Waals surface area contributed by atoms with Gasteiger partial charge in [-0.15, -0.1) is 0 Å². The highest BCUT2D eigenvalue weighted by molar-refractivity contribution is 5.90. The van der Waals surface area contributed by atoms with Gasteiger partial charge in [-0.1, -0.05) is 0 Å². The van der Waals surface area contributed by atoms with Crippen molar-refractivity contribution in [2.24, 2.45) is 0 Å². The lowest BCUT2D eigenvalue weighted by atomic mass is 10.2. The van der Waals surface area contributed by atoms with Gasteiger partial charge in [0.15, 0.2) is 0 Å². The van der Waals surface area contributed by atoms with E-state index in [2.05, 4.69) is 10.1 Å². The molecule has 0 aliphatic heterocycles. The summed E-state index contributed by atoms with van der Waals surface area (Å²) in [6.45, 7) is 3.64. The molecule has 9 heteroatoms. The zero-order chi connectivity index (χ0) is 16.6. The molecule has 0 fully saturated rings. The van der Waals surface area contributed by atoms with Crippen LogP contribution in [-0.4, -0.2) is 27.9 Å². The molecule has 0 unspecified atom stereocenters. The van der Waals surface area contributed by atoms with E-state index in [-0.39, 0.29) is 23.0 Å². The van der Waals surface area contributed by atoms with Crippen molar-refractivity contribution in [1.82, 2.24) is 0 Å². The topological polar surface area (TPSA) is 136 Å². The Morgan fingerprint density at radius 1 is 1.19 bits per heavy atom. The molecule has 21 heavy (non-hydrogen) atoms. The van der Waals surface area contributed by atoms with Crippen LogP contribution in [0.25, 0.3) is 0 Å². The molecule has 0 atom stereocenters. The summed E-state index contributed by atoms with van der Waals surface area (Å²) in [5.74, 6) is -1.80. The number of anilines is 1. The molecule has 0 aromatic heterocycles. The third kappa shape index (κ3) is 7.93. The number of carbonyl (C=O) groups is 3.